The Kier molecular flexibility index (Phi) is 8.72. The Balaban J connectivity index is 1.28. The number of anilines is 2. The molecule has 0 aliphatic carbocycles. The van der Waals surface area contributed by atoms with Gasteiger partial charge in [0.05, 0.1) is 10.6 Å². The lowest BCUT2D eigenvalue weighted by Gasteiger charge is -2.15. The fraction of sp³-hybridized carbons (Fsp3) is 0.368. The van der Waals surface area contributed by atoms with Crippen LogP contribution in [0.4, 0.5) is 10.3 Å². The number of nitrogens with one attached hydrogen (secondary N) is 2. The highest BCUT2D eigenvalue weighted by atomic mass is 32.2. The Labute approximate surface area is 218 Å². The van der Waals surface area contributed by atoms with Gasteiger partial charge in [0.2, 0.25) is 26.2 Å². The first kappa shape index (κ1) is 26.0. The molecule has 186 valence electrons. The molecule has 11 nitrogen and oxygen atoms in total. The maximum atomic E-state index is 12.6. The number of rotatable bonds is 10. The van der Waals surface area contributed by atoms with Crippen LogP contribution in [0.5, 0.6) is 0 Å². The summed E-state index contributed by atoms with van der Waals surface area (Å²) in [5, 5.41) is 21.9. The van der Waals surface area contributed by atoms with Crippen LogP contribution < -0.4 is 10.6 Å². The van der Waals surface area contributed by atoms with Gasteiger partial charge < -0.3 is 0 Å². The lowest BCUT2D eigenvalue weighted by Crippen LogP contribution is -2.27. The predicted molar refractivity (Wildman–Crippen MR) is 138 cm³/mol. The minimum Gasteiger partial charge on any atom is -0.300 e. The van der Waals surface area contributed by atoms with Gasteiger partial charge in [0.25, 0.3) is 5.91 Å². The first-order valence-electron chi connectivity index (χ1n) is 10.5. The number of thioether (sulfide) groups is 2. The first-order chi connectivity index (χ1) is 16.8. The van der Waals surface area contributed by atoms with Gasteiger partial charge in [-0.1, -0.05) is 53.1 Å². The molecule has 0 radical (unpaired) electrons. The molecule has 0 bridgehead atoms. The number of amides is 2. The van der Waals surface area contributed by atoms with Crippen molar-refractivity contribution in [2.75, 3.05) is 35.2 Å². The third-order valence-corrected chi connectivity index (χ3v) is 10.4. The van der Waals surface area contributed by atoms with Gasteiger partial charge in [-0.3, -0.25) is 20.2 Å². The van der Waals surface area contributed by atoms with Gasteiger partial charge in [-0.05, 0) is 42.9 Å². The fourth-order valence-electron chi connectivity index (χ4n) is 3.07. The molecule has 1 aliphatic heterocycles. The molecule has 16 heteroatoms. The van der Waals surface area contributed by atoms with Crippen molar-refractivity contribution in [3.63, 3.8) is 0 Å². The van der Waals surface area contributed by atoms with E-state index in [1.807, 2.05) is 6.92 Å². The Bertz CT molecular complexity index is 1290. The van der Waals surface area contributed by atoms with E-state index in [2.05, 4.69) is 31.0 Å². The summed E-state index contributed by atoms with van der Waals surface area (Å²) in [6, 6.07) is 5.81. The van der Waals surface area contributed by atoms with E-state index >= 15 is 0 Å². The van der Waals surface area contributed by atoms with Gasteiger partial charge >= 0.3 is 0 Å². The number of sulfonamides is 1. The van der Waals surface area contributed by atoms with Crippen LogP contribution in [0, 0.1) is 0 Å². The molecule has 0 saturated carbocycles. The number of nitrogens with zero attached hydrogens (tertiary/aromatic N) is 5. The Morgan fingerprint density at radius 1 is 0.943 bits per heavy atom. The van der Waals surface area contributed by atoms with Gasteiger partial charge in [-0.2, -0.15) is 4.31 Å². The van der Waals surface area contributed by atoms with Gasteiger partial charge in [0.15, 0.2) is 8.68 Å². The highest BCUT2D eigenvalue weighted by Gasteiger charge is 2.27. The summed E-state index contributed by atoms with van der Waals surface area (Å²) in [6.07, 6.45) is 1.71. The highest BCUT2D eigenvalue weighted by Crippen LogP contribution is 2.28. The summed E-state index contributed by atoms with van der Waals surface area (Å²) in [5.74, 6) is 0.299. The lowest BCUT2D eigenvalue weighted by molar-refractivity contribution is -0.113. The normalized spacial score (nSPS) is 14.2. The molecular formula is C19H21N7O4S5. The van der Waals surface area contributed by atoms with Crippen LogP contribution in [0.3, 0.4) is 0 Å². The van der Waals surface area contributed by atoms with E-state index in [1.54, 1.807) is 11.8 Å². The second-order valence-electron chi connectivity index (χ2n) is 7.11. The van der Waals surface area contributed by atoms with Crippen molar-refractivity contribution in [2.45, 2.75) is 33.3 Å². The number of carbonyl (C=O) groups excluding carboxylic acids is 2. The molecule has 0 atom stereocenters. The molecular weight excluding hydrogens is 551 g/mol. The Morgan fingerprint density at radius 3 is 2.17 bits per heavy atom. The van der Waals surface area contributed by atoms with Crippen molar-refractivity contribution in [3.05, 3.63) is 29.8 Å². The van der Waals surface area contributed by atoms with Crippen LogP contribution in [-0.4, -0.2) is 69.5 Å². The van der Waals surface area contributed by atoms with E-state index in [0.29, 0.717) is 28.1 Å². The third kappa shape index (κ3) is 6.77. The summed E-state index contributed by atoms with van der Waals surface area (Å²) < 4.78 is 28.0. The van der Waals surface area contributed by atoms with Crippen molar-refractivity contribution in [1.82, 2.24) is 24.7 Å². The van der Waals surface area contributed by atoms with Gasteiger partial charge in [0.1, 0.15) is 0 Å². The van der Waals surface area contributed by atoms with E-state index in [1.165, 1.54) is 51.7 Å². The molecule has 2 amide bonds. The van der Waals surface area contributed by atoms with Crippen molar-refractivity contribution in [1.29, 1.82) is 0 Å². The smallest absolute Gasteiger partial charge is 0.257 e. The van der Waals surface area contributed by atoms with E-state index < -0.39 is 15.9 Å². The second-order valence-corrected chi connectivity index (χ2v) is 13.7. The van der Waals surface area contributed by atoms with E-state index in [4.69, 9.17) is 0 Å². The molecule has 1 aliphatic rings. The standard InChI is InChI=1S/C19H21N7O4S5/c1-2-31-18-24-22-16(33-18)20-14(27)11-32-19-25-23-17(34-19)21-15(28)12-5-7-13(8-6-12)35(29,30)26-9-3-4-10-26/h5-8H,2-4,9-11H2,1H3,(H,20,22,27)(H,21,23,28). The van der Waals surface area contributed by atoms with Gasteiger partial charge in [-0.15, -0.1) is 20.4 Å². The molecule has 0 unspecified atom stereocenters. The summed E-state index contributed by atoms with van der Waals surface area (Å²) in [4.78, 5) is 24.9. The minimum absolute atomic E-state index is 0.103. The van der Waals surface area contributed by atoms with Crippen LogP contribution in [0.2, 0.25) is 0 Å². The SMILES string of the molecule is CCSc1nnc(NC(=O)CSc2nnc(NC(=O)c3ccc(S(=O)(=O)N4CCCC4)cc3)s2)s1. The molecule has 3 heterocycles. The first-order valence-corrected chi connectivity index (χ1v) is 15.5. The molecule has 1 fully saturated rings. The average molecular weight is 572 g/mol. The number of hydrogen-bond acceptors (Lipinski definition) is 12. The number of carbonyl (C=O) groups is 2. The van der Waals surface area contributed by atoms with Crippen molar-refractivity contribution < 1.29 is 18.0 Å². The quantitative estimate of drug-likeness (QED) is 0.274. The van der Waals surface area contributed by atoms with Crippen LogP contribution in [0.15, 0.2) is 37.8 Å². The van der Waals surface area contributed by atoms with Crippen LogP contribution in [0.1, 0.15) is 30.1 Å². The zero-order valence-corrected chi connectivity index (χ0v) is 22.5. The second kappa shape index (κ2) is 11.7. The molecule has 4 rings (SSSR count). The molecule has 0 spiro atoms. The maximum absolute atomic E-state index is 12.6. The topological polar surface area (TPSA) is 147 Å². The van der Waals surface area contributed by atoms with Crippen LogP contribution >= 0.6 is 46.2 Å². The summed E-state index contributed by atoms with van der Waals surface area (Å²) in [6.45, 7) is 3.05. The fourth-order valence-corrected chi connectivity index (χ4v) is 7.80. The Morgan fingerprint density at radius 2 is 1.54 bits per heavy atom. The van der Waals surface area contributed by atoms with Gasteiger partial charge in [-0.25, -0.2) is 8.42 Å². The average Bonchev–Trinajstić information content (AvgIpc) is 3.61. The molecule has 2 aromatic heterocycles. The van der Waals surface area contributed by atoms with Crippen LogP contribution in [-0.2, 0) is 14.8 Å². The summed E-state index contributed by atoms with van der Waals surface area (Å²) >= 11 is 5.19. The largest absolute Gasteiger partial charge is 0.300 e. The third-order valence-electron chi connectivity index (χ3n) is 4.69. The van der Waals surface area contributed by atoms with Crippen molar-refractivity contribution in [2.24, 2.45) is 0 Å². The monoisotopic (exact) mass is 571 g/mol. The number of benzene rings is 1. The number of aromatic nitrogens is 4. The van der Waals surface area contributed by atoms with E-state index in [9.17, 15) is 18.0 Å². The van der Waals surface area contributed by atoms with Crippen LogP contribution in [0.25, 0.3) is 0 Å². The maximum Gasteiger partial charge on any atom is 0.257 e. The summed E-state index contributed by atoms with van der Waals surface area (Å²) in [7, 11) is -3.53. The zero-order valence-electron chi connectivity index (χ0n) is 18.5. The van der Waals surface area contributed by atoms with Crippen molar-refractivity contribution in [3.8, 4) is 0 Å². The highest BCUT2D eigenvalue weighted by molar-refractivity contribution is 8.01. The summed E-state index contributed by atoms with van der Waals surface area (Å²) in [5.41, 5.74) is 0.298. The predicted octanol–water partition coefficient (Wildman–Crippen LogP) is 3.27. The minimum atomic E-state index is -3.53. The van der Waals surface area contributed by atoms with E-state index in [-0.39, 0.29) is 21.7 Å². The Hall–Kier alpha value is -2.11. The molecule has 2 N–H and O–H groups in total. The number of hydrogen-bond donors (Lipinski definition) is 2. The molecule has 1 aromatic carbocycles. The van der Waals surface area contributed by atoms with E-state index in [0.717, 1.165) is 34.3 Å². The molecule has 1 saturated heterocycles. The van der Waals surface area contributed by atoms with Gasteiger partial charge in [0, 0.05) is 18.7 Å². The van der Waals surface area contributed by atoms with Crippen molar-refractivity contribution >= 4 is 78.3 Å². The zero-order chi connectivity index (χ0) is 24.8. The molecule has 35 heavy (non-hydrogen) atoms. The molecule has 3 aromatic rings. The lowest BCUT2D eigenvalue weighted by atomic mass is 10.2.